The Morgan fingerprint density at radius 2 is 2.19 bits per heavy atom. The molecule has 5 heteroatoms. The molecule has 1 heterocycles. The number of fused-ring (bicyclic) bond motifs is 1. The van der Waals surface area contributed by atoms with Crippen LogP contribution in [0.3, 0.4) is 0 Å². The number of nitrogens with zero attached hydrogens (tertiary/aromatic N) is 3. The summed E-state index contributed by atoms with van der Waals surface area (Å²) in [5, 5.41) is 10.8. The Morgan fingerprint density at radius 3 is 2.90 bits per heavy atom. The molecule has 106 valence electrons. The lowest BCUT2D eigenvalue weighted by atomic mass is 10.1. The SMILES string of the molecule is N#CCCN(C(=O)c1cc2ccccc2c(Cl)n1)C1CC1. The van der Waals surface area contributed by atoms with E-state index in [-0.39, 0.29) is 11.9 Å². The third-order valence-electron chi connectivity index (χ3n) is 3.63. The summed E-state index contributed by atoms with van der Waals surface area (Å²) in [7, 11) is 0. The molecule has 3 rings (SSSR count). The van der Waals surface area contributed by atoms with Crippen LogP contribution in [0.5, 0.6) is 0 Å². The number of pyridine rings is 1. The van der Waals surface area contributed by atoms with Crippen LogP contribution in [-0.2, 0) is 0 Å². The predicted octanol–water partition coefficient (Wildman–Crippen LogP) is 3.41. The molecule has 1 aromatic carbocycles. The van der Waals surface area contributed by atoms with Crippen molar-refractivity contribution in [2.75, 3.05) is 6.54 Å². The van der Waals surface area contributed by atoms with Gasteiger partial charge in [-0.1, -0.05) is 35.9 Å². The fourth-order valence-corrected chi connectivity index (χ4v) is 2.68. The smallest absolute Gasteiger partial charge is 0.272 e. The second kappa shape index (κ2) is 5.71. The van der Waals surface area contributed by atoms with Gasteiger partial charge in [0.2, 0.25) is 0 Å². The van der Waals surface area contributed by atoms with Crippen molar-refractivity contribution in [3.05, 3.63) is 41.2 Å². The molecule has 0 radical (unpaired) electrons. The van der Waals surface area contributed by atoms with Gasteiger partial charge in [0.25, 0.3) is 5.91 Å². The molecule has 0 saturated heterocycles. The molecule has 1 saturated carbocycles. The van der Waals surface area contributed by atoms with Crippen molar-refractivity contribution in [2.24, 2.45) is 0 Å². The molecule has 0 N–H and O–H groups in total. The lowest BCUT2D eigenvalue weighted by Gasteiger charge is -2.21. The van der Waals surface area contributed by atoms with Crippen LogP contribution in [0.15, 0.2) is 30.3 Å². The lowest BCUT2D eigenvalue weighted by molar-refractivity contribution is 0.0741. The molecule has 0 bridgehead atoms. The third-order valence-corrected chi connectivity index (χ3v) is 3.91. The first-order chi connectivity index (χ1) is 10.2. The molecular formula is C16H14ClN3O. The Hall–Kier alpha value is -2.12. The maximum absolute atomic E-state index is 12.6. The highest BCUT2D eigenvalue weighted by atomic mass is 35.5. The van der Waals surface area contributed by atoms with Crippen LogP contribution >= 0.6 is 11.6 Å². The van der Waals surface area contributed by atoms with Crippen LogP contribution in [0.1, 0.15) is 29.8 Å². The van der Waals surface area contributed by atoms with Gasteiger partial charge in [-0.3, -0.25) is 4.79 Å². The number of aromatic nitrogens is 1. The first kappa shape index (κ1) is 13.8. The topological polar surface area (TPSA) is 57.0 Å². The highest BCUT2D eigenvalue weighted by Gasteiger charge is 2.33. The zero-order valence-electron chi connectivity index (χ0n) is 11.4. The van der Waals surface area contributed by atoms with E-state index in [1.54, 1.807) is 11.0 Å². The molecule has 0 spiro atoms. The molecule has 1 aliphatic carbocycles. The minimum atomic E-state index is -0.139. The third kappa shape index (κ3) is 2.84. The number of carbonyl (C=O) groups excluding carboxylic acids is 1. The summed E-state index contributed by atoms with van der Waals surface area (Å²) < 4.78 is 0. The van der Waals surface area contributed by atoms with Gasteiger partial charge < -0.3 is 4.90 Å². The lowest BCUT2D eigenvalue weighted by Crippen LogP contribution is -2.34. The Labute approximate surface area is 127 Å². The molecule has 1 amide bonds. The normalized spacial score (nSPS) is 13.9. The Morgan fingerprint density at radius 1 is 1.43 bits per heavy atom. The number of hydrogen-bond donors (Lipinski definition) is 0. The quantitative estimate of drug-likeness (QED) is 0.813. The minimum Gasteiger partial charge on any atom is -0.333 e. The van der Waals surface area contributed by atoms with Gasteiger partial charge in [-0.2, -0.15) is 5.26 Å². The zero-order valence-corrected chi connectivity index (χ0v) is 12.2. The van der Waals surface area contributed by atoms with Crippen LogP contribution in [0, 0.1) is 11.3 Å². The molecule has 1 fully saturated rings. The molecule has 0 unspecified atom stereocenters. The van der Waals surface area contributed by atoms with E-state index in [0.717, 1.165) is 23.6 Å². The summed E-state index contributed by atoms with van der Waals surface area (Å²) in [6.07, 6.45) is 2.33. The molecule has 4 nitrogen and oxygen atoms in total. The van der Waals surface area contributed by atoms with E-state index in [1.807, 2.05) is 24.3 Å². The summed E-state index contributed by atoms with van der Waals surface area (Å²) in [5.41, 5.74) is 0.350. The van der Waals surface area contributed by atoms with Crippen LogP contribution in [0.2, 0.25) is 5.15 Å². The zero-order chi connectivity index (χ0) is 14.8. The van der Waals surface area contributed by atoms with Gasteiger partial charge >= 0.3 is 0 Å². The van der Waals surface area contributed by atoms with Gasteiger partial charge in [0.15, 0.2) is 0 Å². The largest absolute Gasteiger partial charge is 0.333 e. The molecule has 2 aromatic rings. The molecule has 21 heavy (non-hydrogen) atoms. The summed E-state index contributed by atoms with van der Waals surface area (Å²) in [4.78, 5) is 18.6. The molecule has 0 aliphatic heterocycles. The Kier molecular flexibility index (Phi) is 3.76. The fraction of sp³-hybridized carbons (Fsp3) is 0.312. The first-order valence-corrected chi connectivity index (χ1v) is 7.31. The van der Waals surface area contributed by atoms with E-state index in [0.29, 0.717) is 23.8 Å². The van der Waals surface area contributed by atoms with Crippen molar-refractivity contribution in [1.82, 2.24) is 9.88 Å². The highest BCUT2D eigenvalue weighted by Crippen LogP contribution is 2.29. The van der Waals surface area contributed by atoms with Crippen LogP contribution < -0.4 is 0 Å². The van der Waals surface area contributed by atoms with Crippen molar-refractivity contribution < 1.29 is 4.79 Å². The van der Waals surface area contributed by atoms with Crippen LogP contribution in [0.4, 0.5) is 0 Å². The average molecular weight is 300 g/mol. The summed E-state index contributed by atoms with van der Waals surface area (Å²) in [5.74, 6) is -0.139. The number of hydrogen-bond acceptors (Lipinski definition) is 3. The first-order valence-electron chi connectivity index (χ1n) is 6.94. The van der Waals surface area contributed by atoms with Gasteiger partial charge in [-0.15, -0.1) is 0 Å². The molecule has 1 aliphatic rings. The summed E-state index contributed by atoms with van der Waals surface area (Å²) >= 11 is 6.18. The van der Waals surface area contributed by atoms with Gasteiger partial charge in [0.05, 0.1) is 12.5 Å². The standard InChI is InChI=1S/C16H14ClN3O/c17-15-13-5-2-1-4-11(13)10-14(19-15)16(21)20(9-3-8-18)12-6-7-12/h1-2,4-5,10,12H,3,6-7,9H2. The van der Waals surface area contributed by atoms with Gasteiger partial charge in [-0.05, 0) is 24.3 Å². The molecule has 0 atom stereocenters. The number of benzene rings is 1. The van der Waals surface area contributed by atoms with Crippen LogP contribution in [0.25, 0.3) is 10.8 Å². The van der Waals surface area contributed by atoms with Gasteiger partial charge in [0.1, 0.15) is 10.8 Å². The number of rotatable bonds is 4. The minimum absolute atomic E-state index is 0.139. The van der Waals surface area contributed by atoms with E-state index in [1.165, 1.54) is 0 Å². The number of carbonyl (C=O) groups is 1. The number of nitriles is 1. The monoisotopic (exact) mass is 299 g/mol. The van der Waals surface area contributed by atoms with E-state index >= 15 is 0 Å². The van der Waals surface area contributed by atoms with E-state index in [4.69, 9.17) is 16.9 Å². The summed E-state index contributed by atoms with van der Waals surface area (Å²) in [6.45, 7) is 0.451. The second-order valence-electron chi connectivity index (χ2n) is 5.16. The van der Waals surface area contributed by atoms with E-state index in [2.05, 4.69) is 11.1 Å². The number of halogens is 1. The summed E-state index contributed by atoms with van der Waals surface area (Å²) in [6, 6.07) is 11.7. The maximum atomic E-state index is 12.6. The predicted molar refractivity (Wildman–Crippen MR) is 81.0 cm³/mol. The molecule has 1 aromatic heterocycles. The van der Waals surface area contributed by atoms with Crippen molar-refractivity contribution in [3.63, 3.8) is 0 Å². The van der Waals surface area contributed by atoms with E-state index in [9.17, 15) is 4.79 Å². The van der Waals surface area contributed by atoms with Crippen molar-refractivity contribution in [2.45, 2.75) is 25.3 Å². The Balaban J connectivity index is 1.95. The maximum Gasteiger partial charge on any atom is 0.272 e. The van der Waals surface area contributed by atoms with Crippen molar-refractivity contribution >= 4 is 28.3 Å². The number of amides is 1. The average Bonchev–Trinajstić information content (AvgIpc) is 3.32. The molecular weight excluding hydrogens is 286 g/mol. The Bertz CT molecular complexity index is 734. The van der Waals surface area contributed by atoms with E-state index < -0.39 is 0 Å². The van der Waals surface area contributed by atoms with Crippen molar-refractivity contribution in [1.29, 1.82) is 5.26 Å². The van der Waals surface area contributed by atoms with Crippen LogP contribution in [-0.4, -0.2) is 28.4 Å². The van der Waals surface area contributed by atoms with Gasteiger partial charge in [-0.25, -0.2) is 4.98 Å². The fourth-order valence-electron chi connectivity index (χ4n) is 2.42. The van der Waals surface area contributed by atoms with Gasteiger partial charge in [0, 0.05) is 18.0 Å². The van der Waals surface area contributed by atoms with Crippen molar-refractivity contribution in [3.8, 4) is 6.07 Å². The highest BCUT2D eigenvalue weighted by molar-refractivity contribution is 6.34. The second-order valence-corrected chi connectivity index (χ2v) is 5.52.